The van der Waals surface area contributed by atoms with Gasteiger partial charge in [0.25, 0.3) is 0 Å². The number of fused-ring (bicyclic) bond motifs is 1. The second-order valence-corrected chi connectivity index (χ2v) is 55.8. The maximum absolute atomic E-state index is 12.8. The second-order valence-electron chi connectivity index (χ2n) is 12.3. The van der Waals surface area contributed by atoms with E-state index in [1.807, 2.05) is 0 Å². The Morgan fingerprint density at radius 3 is 1.47 bits per heavy atom. The number of nitrogens with zero attached hydrogens (tertiary/aromatic N) is 4. The number of aromatic nitrogens is 3. The third-order valence-electron chi connectivity index (χ3n) is 8.13. The van der Waals surface area contributed by atoms with Crippen LogP contribution in [0.3, 0.4) is 0 Å². The third-order valence-corrected chi connectivity index (χ3v) is 73.2. The molecule has 3 aromatic rings. The number of benzene rings is 1. The summed E-state index contributed by atoms with van der Waals surface area (Å²) in [6.45, 7) is -2.71. The monoisotopic (exact) mass is 928 g/mol. The van der Waals surface area contributed by atoms with Gasteiger partial charge in [-0.25, -0.2) is 55.3 Å². The lowest BCUT2D eigenvalue weighted by Crippen LogP contribution is -2.58. The maximum Gasteiger partial charge on any atom is 0.454 e. The zero-order valence-corrected chi connectivity index (χ0v) is 37.4. The molecular formula is C26H40N4O17S6Si2. The molecule has 0 aliphatic carbocycles. The molecule has 0 aliphatic heterocycles. The molecule has 0 fully saturated rings. The van der Waals surface area contributed by atoms with E-state index in [4.69, 9.17) is 14.2 Å². The molecule has 29 heteroatoms. The lowest BCUT2D eigenvalue weighted by atomic mass is 10.2. The average Bonchev–Trinajstić information content (AvgIpc) is 3.48. The molecule has 0 N–H and O–H groups in total. The van der Waals surface area contributed by atoms with Gasteiger partial charge in [-0.2, -0.15) is 14.6 Å². The Hall–Kier alpha value is -3.04. The first-order valence-corrected chi connectivity index (χ1v) is 35.4. The number of anilines is 1. The predicted octanol–water partition coefficient (Wildman–Crippen LogP) is -0.792. The van der Waals surface area contributed by atoms with Crippen LogP contribution in [0.1, 0.15) is 10.4 Å². The highest BCUT2D eigenvalue weighted by Gasteiger charge is 2.65. The summed E-state index contributed by atoms with van der Waals surface area (Å²) in [6.07, 6.45) is 4.45. The molecule has 1 aromatic carbocycles. The van der Waals surface area contributed by atoms with E-state index in [1.54, 1.807) is 0 Å². The molecular weight excluding hydrogens is 889 g/mol. The van der Waals surface area contributed by atoms with Gasteiger partial charge in [0.15, 0.2) is 61.4 Å². The van der Waals surface area contributed by atoms with E-state index >= 15 is 0 Å². The molecule has 0 atom stereocenters. The van der Waals surface area contributed by atoms with Crippen LogP contribution in [0.25, 0.3) is 5.65 Å². The van der Waals surface area contributed by atoms with E-state index in [-0.39, 0.29) is 28.7 Å². The topological polar surface area (TPSA) is 292 Å². The van der Waals surface area contributed by atoms with Crippen molar-refractivity contribution in [2.24, 2.45) is 0 Å². The number of methoxy groups -OCH3 is 1. The Bertz CT molecular complexity index is 2330. The molecule has 0 spiro atoms. The van der Waals surface area contributed by atoms with Gasteiger partial charge < -0.3 is 23.8 Å². The fourth-order valence-electron chi connectivity index (χ4n) is 5.73. The van der Waals surface area contributed by atoms with E-state index in [2.05, 4.69) is 14.8 Å². The zero-order chi connectivity index (χ0) is 42.1. The highest BCUT2D eigenvalue weighted by Crippen LogP contribution is 2.31. The fraction of sp³-hybridized carbons (Fsp3) is 0.500. The number of ether oxygens (including phenoxy) is 4. The molecule has 0 aliphatic rings. The molecule has 3 rings (SSSR count). The summed E-state index contributed by atoms with van der Waals surface area (Å²) in [7, 11) is -26.9. The van der Waals surface area contributed by atoms with Crippen molar-refractivity contribution in [2.45, 2.75) is 12.1 Å². The van der Waals surface area contributed by atoms with Gasteiger partial charge in [0.05, 0.1) is 18.9 Å². The van der Waals surface area contributed by atoms with Crippen molar-refractivity contribution in [1.82, 2.24) is 14.6 Å². The summed E-state index contributed by atoms with van der Waals surface area (Å²) in [6, 6.07) is 6.67. The van der Waals surface area contributed by atoms with Gasteiger partial charge >= 0.3 is 17.0 Å². The Labute approximate surface area is 319 Å². The molecule has 0 saturated heterocycles. The quantitative estimate of drug-likeness (QED) is 0.0580. The van der Waals surface area contributed by atoms with Crippen molar-refractivity contribution in [3.05, 3.63) is 48.2 Å². The maximum atomic E-state index is 12.8. The lowest BCUT2D eigenvalue weighted by molar-refractivity contribution is 0.0600. The van der Waals surface area contributed by atoms with Crippen molar-refractivity contribution in [3.8, 4) is 11.6 Å². The Morgan fingerprint density at radius 1 is 0.673 bits per heavy atom. The van der Waals surface area contributed by atoms with E-state index in [0.29, 0.717) is 37.5 Å². The number of esters is 1. The van der Waals surface area contributed by atoms with Crippen LogP contribution in [0.4, 0.5) is 5.82 Å². The smallest absolute Gasteiger partial charge is 0.454 e. The number of carbonyl (C=O) groups excluding carboxylic acids is 1. The first-order chi connectivity index (χ1) is 24.9. The van der Waals surface area contributed by atoms with Crippen LogP contribution in [0.15, 0.2) is 42.6 Å². The van der Waals surface area contributed by atoms with E-state index in [1.165, 1.54) is 59.1 Å². The molecule has 2 aromatic heterocycles. The Balaban J connectivity index is 2.05. The highest BCUT2D eigenvalue weighted by molar-refractivity contribution is 8.74. The molecule has 55 heavy (non-hydrogen) atoms. The third kappa shape index (κ3) is 9.57. The van der Waals surface area contributed by atoms with Crippen molar-refractivity contribution in [1.29, 1.82) is 0 Å². The van der Waals surface area contributed by atoms with Gasteiger partial charge in [-0.1, -0.05) is 0 Å². The fourth-order valence-corrected chi connectivity index (χ4v) is 59.8. The SMILES string of the molecule is COC(=O)c1ccc(Oc2cc(N(COCC[Si](S(C)(=O)=O)(S(C)(=O)=O)S(C)(=O)=O)COCC[Si](S(C)(=O)=O)(S(C)(=O)=O)S(C)(=O)=O)n3nccc3n2)cc1. The van der Waals surface area contributed by atoms with Gasteiger partial charge in [0, 0.05) is 75.0 Å². The summed E-state index contributed by atoms with van der Waals surface area (Å²) in [4.78, 5) is 17.4. The molecule has 21 nitrogen and oxygen atoms in total. The lowest BCUT2D eigenvalue weighted by Gasteiger charge is -2.28. The van der Waals surface area contributed by atoms with Crippen LogP contribution in [0.2, 0.25) is 12.1 Å². The first kappa shape index (κ1) is 46.3. The standard InChI is InChI=1S/C26H40N4O17S6Si2/c1-44-26(31)21-8-10-22(11-9-21)47-24-18-25(30-23(28-24)12-13-27-30)29(19-45-14-16-54(48(2,32)33,49(3,34)35)50(4,36)37)20-46-15-17-55(51(5,38)39,52(6,40)41)53(7,42)43/h8-13,18H,14-17,19-20H2,1-7H3. The van der Waals surface area contributed by atoms with E-state index < -0.39 is 111 Å². The van der Waals surface area contributed by atoms with Crippen molar-refractivity contribution in [2.75, 3.05) is 76.2 Å². The minimum atomic E-state index is -5.26. The largest absolute Gasteiger partial charge is 0.465 e. The summed E-state index contributed by atoms with van der Waals surface area (Å²) in [5, 5.41) is 4.19. The normalized spacial score (nSPS) is 13.8. The van der Waals surface area contributed by atoms with Crippen molar-refractivity contribution < 1.29 is 74.2 Å². The summed E-state index contributed by atoms with van der Waals surface area (Å²) in [5.74, 6) is -0.417. The molecule has 0 saturated carbocycles. The molecule has 0 amide bonds. The van der Waals surface area contributed by atoms with Gasteiger partial charge in [0.2, 0.25) is 5.88 Å². The summed E-state index contributed by atoms with van der Waals surface area (Å²) >= 11 is 0. The molecule has 310 valence electrons. The number of hydrogen-bond donors (Lipinski definition) is 0. The summed E-state index contributed by atoms with van der Waals surface area (Å²) < 4.78 is 176. The zero-order valence-electron chi connectivity index (χ0n) is 30.5. The average molecular weight is 929 g/mol. The molecule has 0 radical (unpaired) electrons. The van der Waals surface area contributed by atoms with Gasteiger partial charge in [-0.15, -0.1) is 0 Å². The second kappa shape index (κ2) is 16.4. The number of rotatable bonds is 20. The predicted molar refractivity (Wildman–Crippen MR) is 205 cm³/mol. The van der Waals surface area contributed by atoms with Crippen LogP contribution < -0.4 is 9.64 Å². The van der Waals surface area contributed by atoms with E-state index in [9.17, 15) is 55.3 Å². The Kier molecular flexibility index (Phi) is 13.9. The van der Waals surface area contributed by atoms with E-state index in [0.717, 1.165) is 0 Å². The minimum absolute atomic E-state index is 0.0480. The Morgan fingerprint density at radius 2 is 1.09 bits per heavy atom. The van der Waals surface area contributed by atoms with Gasteiger partial charge in [0.1, 0.15) is 25.0 Å². The van der Waals surface area contributed by atoms with Crippen molar-refractivity contribution >= 4 is 84.2 Å². The van der Waals surface area contributed by atoms with Crippen LogP contribution in [0.5, 0.6) is 11.6 Å². The van der Waals surface area contributed by atoms with Gasteiger partial charge in [-0.3, -0.25) is 0 Å². The van der Waals surface area contributed by atoms with Crippen molar-refractivity contribution in [3.63, 3.8) is 0 Å². The molecule has 0 unspecified atom stereocenters. The number of carbonyl (C=O) groups is 1. The van der Waals surface area contributed by atoms with Gasteiger partial charge in [-0.05, 0) is 24.3 Å². The van der Waals surface area contributed by atoms with Crippen LogP contribution in [0, 0.1) is 0 Å². The van der Waals surface area contributed by atoms with Crippen LogP contribution in [-0.2, 0) is 69.9 Å². The van der Waals surface area contributed by atoms with Crippen LogP contribution in [-0.4, -0.2) is 153 Å². The molecule has 2 heterocycles. The first-order valence-electron chi connectivity index (χ1n) is 15.2. The van der Waals surface area contributed by atoms with Crippen LogP contribution >= 0.6 is 0 Å². The summed E-state index contributed by atoms with van der Waals surface area (Å²) in [5.41, 5.74) is -10.1. The molecule has 0 bridgehead atoms. The highest BCUT2D eigenvalue weighted by atomic mass is 32.8. The number of hydrogen-bond acceptors (Lipinski definition) is 20. The minimum Gasteiger partial charge on any atom is -0.465 e.